The minimum atomic E-state index is -0.380. The molecule has 2 rings (SSSR count). The maximum absolute atomic E-state index is 6.14. The Kier molecular flexibility index (Phi) is 4.32. The van der Waals surface area contributed by atoms with E-state index in [0.29, 0.717) is 0 Å². The molecule has 1 unspecified atom stereocenters. The van der Waals surface area contributed by atoms with Gasteiger partial charge in [-0.1, -0.05) is 6.07 Å². The molecular weight excluding hydrogens is 240 g/mol. The minimum Gasteiger partial charge on any atom is -0.493 e. The van der Waals surface area contributed by atoms with Crippen molar-refractivity contribution in [1.29, 1.82) is 0 Å². The Morgan fingerprint density at radius 1 is 1.32 bits per heavy atom. The van der Waals surface area contributed by atoms with Crippen LogP contribution < -0.4 is 20.5 Å². The van der Waals surface area contributed by atoms with Crippen molar-refractivity contribution in [3.8, 4) is 11.5 Å². The van der Waals surface area contributed by atoms with E-state index < -0.39 is 0 Å². The lowest BCUT2D eigenvalue weighted by Crippen LogP contribution is -2.37. The standard InChI is InChI=1S/C15H24N2O2/c1-15(2,16)11-6-7-13(18-3)14(9-11)19-12-5-4-8-17-10-12/h6-7,9,12,17H,4-5,8,10,16H2,1-3H3. The summed E-state index contributed by atoms with van der Waals surface area (Å²) in [4.78, 5) is 0. The first kappa shape index (κ1) is 14.2. The topological polar surface area (TPSA) is 56.5 Å². The second-order valence-electron chi connectivity index (χ2n) is 5.67. The predicted molar refractivity (Wildman–Crippen MR) is 76.7 cm³/mol. The Morgan fingerprint density at radius 3 is 2.68 bits per heavy atom. The van der Waals surface area contributed by atoms with Gasteiger partial charge >= 0.3 is 0 Å². The Labute approximate surface area is 115 Å². The molecule has 1 aromatic carbocycles. The zero-order valence-corrected chi connectivity index (χ0v) is 12.0. The molecule has 19 heavy (non-hydrogen) atoms. The van der Waals surface area contributed by atoms with Crippen LogP contribution >= 0.6 is 0 Å². The van der Waals surface area contributed by atoms with Crippen LogP contribution in [0.15, 0.2) is 18.2 Å². The molecule has 1 fully saturated rings. The van der Waals surface area contributed by atoms with Gasteiger partial charge in [0.2, 0.25) is 0 Å². The quantitative estimate of drug-likeness (QED) is 0.873. The Morgan fingerprint density at radius 2 is 2.11 bits per heavy atom. The van der Waals surface area contributed by atoms with E-state index in [1.807, 2.05) is 32.0 Å². The Bertz CT molecular complexity index is 421. The predicted octanol–water partition coefficient (Wildman–Crippen LogP) is 2.02. The molecule has 0 aromatic heterocycles. The van der Waals surface area contributed by atoms with E-state index in [-0.39, 0.29) is 11.6 Å². The summed E-state index contributed by atoms with van der Waals surface area (Å²) in [6.07, 6.45) is 2.43. The summed E-state index contributed by atoms with van der Waals surface area (Å²) in [6.45, 7) is 5.94. The third-order valence-corrected chi connectivity index (χ3v) is 3.45. The fourth-order valence-corrected chi connectivity index (χ4v) is 2.27. The van der Waals surface area contributed by atoms with E-state index in [2.05, 4.69) is 5.32 Å². The lowest BCUT2D eigenvalue weighted by Gasteiger charge is -2.26. The molecule has 106 valence electrons. The fraction of sp³-hybridized carbons (Fsp3) is 0.600. The van der Waals surface area contributed by atoms with Crippen LogP contribution in [0.1, 0.15) is 32.3 Å². The lowest BCUT2D eigenvalue weighted by molar-refractivity contribution is 0.161. The van der Waals surface area contributed by atoms with E-state index >= 15 is 0 Å². The van der Waals surface area contributed by atoms with Crippen LogP contribution in [0.5, 0.6) is 11.5 Å². The first-order chi connectivity index (χ1) is 9.00. The smallest absolute Gasteiger partial charge is 0.161 e. The molecule has 1 heterocycles. The van der Waals surface area contributed by atoms with Crippen molar-refractivity contribution in [2.75, 3.05) is 20.2 Å². The molecule has 0 spiro atoms. The first-order valence-corrected chi connectivity index (χ1v) is 6.85. The number of nitrogens with two attached hydrogens (primary N) is 1. The molecular formula is C15H24N2O2. The van der Waals surface area contributed by atoms with Gasteiger partial charge in [-0.25, -0.2) is 0 Å². The van der Waals surface area contributed by atoms with Gasteiger partial charge in [0.15, 0.2) is 11.5 Å². The normalized spacial score (nSPS) is 20.1. The van der Waals surface area contributed by atoms with Gasteiger partial charge in [0, 0.05) is 12.1 Å². The van der Waals surface area contributed by atoms with Crippen molar-refractivity contribution in [2.24, 2.45) is 5.73 Å². The summed E-state index contributed by atoms with van der Waals surface area (Å²) in [5.41, 5.74) is 6.81. The van der Waals surface area contributed by atoms with Crippen molar-refractivity contribution in [3.05, 3.63) is 23.8 Å². The summed E-state index contributed by atoms with van der Waals surface area (Å²) in [6, 6.07) is 5.91. The molecule has 0 saturated carbocycles. The number of ether oxygens (including phenoxy) is 2. The van der Waals surface area contributed by atoms with Crippen LogP contribution in [0.3, 0.4) is 0 Å². The summed E-state index contributed by atoms with van der Waals surface area (Å²) in [5, 5.41) is 3.35. The second kappa shape index (κ2) is 5.80. The number of hydrogen-bond acceptors (Lipinski definition) is 4. The highest BCUT2D eigenvalue weighted by Crippen LogP contribution is 2.32. The molecule has 0 bridgehead atoms. The third kappa shape index (κ3) is 3.61. The zero-order valence-electron chi connectivity index (χ0n) is 12.0. The Balaban J connectivity index is 2.20. The van der Waals surface area contributed by atoms with Gasteiger partial charge in [-0.05, 0) is 50.9 Å². The molecule has 0 aliphatic carbocycles. The fourth-order valence-electron chi connectivity index (χ4n) is 2.27. The van der Waals surface area contributed by atoms with E-state index in [1.54, 1.807) is 7.11 Å². The van der Waals surface area contributed by atoms with Gasteiger partial charge in [-0.3, -0.25) is 0 Å². The van der Waals surface area contributed by atoms with Crippen LogP contribution in [0.4, 0.5) is 0 Å². The molecule has 1 saturated heterocycles. The first-order valence-electron chi connectivity index (χ1n) is 6.85. The van der Waals surface area contributed by atoms with Gasteiger partial charge in [-0.15, -0.1) is 0 Å². The second-order valence-corrected chi connectivity index (χ2v) is 5.67. The van der Waals surface area contributed by atoms with E-state index in [1.165, 1.54) is 0 Å². The van der Waals surface area contributed by atoms with Crippen molar-refractivity contribution < 1.29 is 9.47 Å². The van der Waals surface area contributed by atoms with Gasteiger partial charge in [0.1, 0.15) is 6.10 Å². The summed E-state index contributed by atoms with van der Waals surface area (Å²) in [7, 11) is 1.66. The number of nitrogens with one attached hydrogen (secondary N) is 1. The molecule has 1 atom stereocenters. The number of piperidine rings is 1. The van der Waals surface area contributed by atoms with Crippen molar-refractivity contribution in [1.82, 2.24) is 5.32 Å². The number of rotatable bonds is 4. The number of benzene rings is 1. The van der Waals surface area contributed by atoms with E-state index in [0.717, 1.165) is 43.0 Å². The molecule has 4 heteroatoms. The molecule has 1 aliphatic heterocycles. The Hall–Kier alpha value is -1.26. The molecule has 4 nitrogen and oxygen atoms in total. The highest BCUT2D eigenvalue weighted by molar-refractivity contribution is 5.44. The van der Waals surface area contributed by atoms with Gasteiger partial charge < -0.3 is 20.5 Å². The van der Waals surface area contributed by atoms with Crippen molar-refractivity contribution in [2.45, 2.75) is 38.3 Å². The lowest BCUT2D eigenvalue weighted by atomic mass is 9.95. The van der Waals surface area contributed by atoms with Gasteiger partial charge in [-0.2, -0.15) is 0 Å². The minimum absolute atomic E-state index is 0.207. The molecule has 1 aromatic rings. The molecule has 3 N–H and O–H groups in total. The number of methoxy groups -OCH3 is 1. The van der Waals surface area contributed by atoms with E-state index in [4.69, 9.17) is 15.2 Å². The highest BCUT2D eigenvalue weighted by Gasteiger charge is 2.20. The average molecular weight is 264 g/mol. The van der Waals surface area contributed by atoms with Crippen LogP contribution in [0, 0.1) is 0 Å². The zero-order chi connectivity index (χ0) is 13.9. The van der Waals surface area contributed by atoms with Crippen LogP contribution in [0.2, 0.25) is 0 Å². The number of hydrogen-bond donors (Lipinski definition) is 2. The average Bonchev–Trinajstić information content (AvgIpc) is 2.39. The SMILES string of the molecule is COc1ccc(C(C)(C)N)cc1OC1CCCNC1. The molecule has 1 aliphatic rings. The van der Waals surface area contributed by atoms with Crippen LogP contribution in [-0.2, 0) is 5.54 Å². The van der Waals surface area contributed by atoms with Crippen LogP contribution in [0.25, 0.3) is 0 Å². The molecule has 0 radical (unpaired) electrons. The summed E-state index contributed by atoms with van der Waals surface area (Å²) in [5.74, 6) is 1.55. The van der Waals surface area contributed by atoms with Gasteiger partial charge in [0.05, 0.1) is 7.11 Å². The van der Waals surface area contributed by atoms with Crippen LogP contribution in [-0.4, -0.2) is 26.3 Å². The van der Waals surface area contributed by atoms with Gasteiger partial charge in [0.25, 0.3) is 0 Å². The third-order valence-electron chi connectivity index (χ3n) is 3.45. The maximum Gasteiger partial charge on any atom is 0.161 e. The summed E-state index contributed by atoms with van der Waals surface area (Å²) >= 11 is 0. The summed E-state index contributed by atoms with van der Waals surface area (Å²) < 4.78 is 11.4. The van der Waals surface area contributed by atoms with Crippen molar-refractivity contribution >= 4 is 0 Å². The van der Waals surface area contributed by atoms with E-state index in [9.17, 15) is 0 Å². The maximum atomic E-state index is 6.14. The monoisotopic (exact) mass is 264 g/mol. The van der Waals surface area contributed by atoms with Crippen molar-refractivity contribution in [3.63, 3.8) is 0 Å². The largest absolute Gasteiger partial charge is 0.493 e. The highest BCUT2D eigenvalue weighted by atomic mass is 16.5. The molecule has 0 amide bonds.